The predicted molar refractivity (Wildman–Crippen MR) is 122 cm³/mol. The van der Waals surface area contributed by atoms with Crippen molar-refractivity contribution in [1.29, 1.82) is 0 Å². The van der Waals surface area contributed by atoms with Gasteiger partial charge in [0.05, 0.1) is 10.5 Å². The molecule has 2 aliphatic heterocycles. The van der Waals surface area contributed by atoms with E-state index in [2.05, 4.69) is 20.4 Å². The summed E-state index contributed by atoms with van der Waals surface area (Å²) in [5.41, 5.74) is 3.94. The Morgan fingerprint density at radius 2 is 1.94 bits per heavy atom. The minimum Gasteiger partial charge on any atom is -0.339 e. The topological polar surface area (TPSA) is 121 Å². The van der Waals surface area contributed by atoms with E-state index in [9.17, 15) is 13.2 Å². The van der Waals surface area contributed by atoms with Crippen LogP contribution in [0.15, 0.2) is 38.5 Å². The summed E-state index contributed by atoms with van der Waals surface area (Å²) in [5, 5.41) is 7.34. The van der Waals surface area contributed by atoms with Gasteiger partial charge >= 0.3 is 0 Å². The number of piperidine rings is 1. The number of aromatic amines is 1. The first-order valence-electron chi connectivity index (χ1n) is 11.2. The molecule has 1 saturated heterocycles. The monoisotopic (exact) mass is 469 g/mol. The Balaban J connectivity index is 1.31. The van der Waals surface area contributed by atoms with Crippen LogP contribution < -0.4 is 10.9 Å². The van der Waals surface area contributed by atoms with E-state index in [1.165, 1.54) is 4.31 Å². The molecule has 0 bridgehead atoms. The number of pyridine rings is 1. The number of fused-ring (bicyclic) bond motifs is 1. The Labute approximate surface area is 192 Å². The van der Waals surface area contributed by atoms with E-state index in [0.717, 1.165) is 35.3 Å². The Hall–Kier alpha value is -2.82. The molecule has 5 rings (SSSR count). The van der Waals surface area contributed by atoms with E-state index >= 15 is 0 Å². The maximum Gasteiger partial charge on any atom is 0.259 e. The van der Waals surface area contributed by atoms with Crippen LogP contribution in [-0.2, 0) is 23.0 Å². The Bertz CT molecular complexity index is 1350. The number of aryl methyl sites for hydroxylation is 2. The molecule has 4 heterocycles. The fourth-order valence-corrected chi connectivity index (χ4v) is 6.35. The molecule has 0 amide bonds. The third-order valence-corrected chi connectivity index (χ3v) is 8.58. The summed E-state index contributed by atoms with van der Waals surface area (Å²) in [6, 6.07) is 7.22. The number of rotatable bonds is 4. The number of nitrogens with one attached hydrogen (secondary N) is 2. The highest BCUT2D eigenvalue weighted by Crippen LogP contribution is 2.31. The average molecular weight is 470 g/mol. The van der Waals surface area contributed by atoms with Crippen LogP contribution >= 0.6 is 0 Å². The fourth-order valence-electron chi connectivity index (χ4n) is 4.68. The third kappa shape index (κ3) is 4.14. The summed E-state index contributed by atoms with van der Waals surface area (Å²) < 4.78 is 33.3. The van der Waals surface area contributed by atoms with Crippen LogP contribution in [0.25, 0.3) is 11.4 Å². The standard InChI is InChI=1S/C23H27N5O4S/c1-14-3-4-20(15(2)11-14)33(30,31)28-9-6-16(7-10-28)23-26-21(27-32-23)18-12-17-13-24-8-5-19(17)25-22(18)29/h3-4,11-12,16,24H,5-10,13H2,1-2H3,(H,25,29). The second-order valence-electron chi connectivity index (χ2n) is 8.85. The smallest absolute Gasteiger partial charge is 0.259 e. The largest absolute Gasteiger partial charge is 0.339 e. The van der Waals surface area contributed by atoms with Gasteiger partial charge in [0, 0.05) is 44.2 Å². The fraction of sp³-hybridized carbons (Fsp3) is 0.435. The van der Waals surface area contributed by atoms with Crippen LogP contribution in [0.5, 0.6) is 0 Å². The van der Waals surface area contributed by atoms with E-state index in [1.54, 1.807) is 6.07 Å². The molecule has 0 saturated carbocycles. The maximum atomic E-state index is 13.1. The van der Waals surface area contributed by atoms with Crippen molar-refractivity contribution in [2.45, 2.75) is 50.5 Å². The summed E-state index contributed by atoms with van der Waals surface area (Å²) >= 11 is 0. The van der Waals surface area contributed by atoms with E-state index < -0.39 is 10.0 Å². The van der Waals surface area contributed by atoms with Gasteiger partial charge in [-0.3, -0.25) is 4.79 Å². The first-order valence-corrected chi connectivity index (χ1v) is 12.6. The molecule has 174 valence electrons. The number of hydrogen-bond donors (Lipinski definition) is 2. The van der Waals surface area contributed by atoms with Crippen molar-refractivity contribution in [3.8, 4) is 11.4 Å². The number of hydrogen-bond acceptors (Lipinski definition) is 7. The Morgan fingerprint density at radius 1 is 1.15 bits per heavy atom. The minimum absolute atomic E-state index is 0.0461. The first-order chi connectivity index (χ1) is 15.8. The zero-order valence-electron chi connectivity index (χ0n) is 18.7. The number of nitrogens with zero attached hydrogens (tertiary/aromatic N) is 3. The molecule has 0 atom stereocenters. The molecule has 1 aromatic carbocycles. The van der Waals surface area contributed by atoms with Crippen molar-refractivity contribution in [1.82, 2.24) is 24.7 Å². The highest BCUT2D eigenvalue weighted by atomic mass is 32.2. The lowest BCUT2D eigenvalue weighted by Crippen LogP contribution is -2.38. The third-order valence-electron chi connectivity index (χ3n) is 6.52. The van der Waals surface area contributed by atoms with Crippen LogP contribution in [0.3, 0.4) is 0 Å². The lowest BCUT2D eigenvalue weighted by atomic mass is 9.98. The summed E-state index contributed by atoms with van der Waals surface area (Å²) in [4.78, 5) is 20.3. The summed E-state index contributed by atoms with van der Waals surface area (Å²) in [7, 11) is -3.55. The number of benzene rings is 1. The lowest BCUT2D eigenvalue weighted by Gasteiger charge is -2.30. The maximum absolute atomic E-state index is 13.1. The Morgan fingerprint density at radius 3 is 2.70 bits per heavy atom. The second kappa shape index (κ2) is 8.51. The summed E-state index contributed by atoms with van der Waals surface area (Å²) in [6.07, 6.45) is 1.94. The van der Waals surface area contributed by atoms with Gasteiger partial charge in [-0.25, -0.2) is 8.42 Å². The molecule has 3 aromatic rings. The summed E-state index contributed by atoms with van der Waals surface area (Å²) in [6.45, 7) is 6.06. The van der Waals surface area contributed by atoms with Crippen molar-refractivity contribution in [3.63, 3.8) is 0 Å². The molecular formula is C23H27N5O4S. The van der Waals surface area contributed by atoms with E-state index in [4.69, 9.17) is 4.52 Å². The van der Waals surface area contributed by atoms with Gasteiger partial charge in [-0.2, -0.15) is 9.29 Å². The lowest BCUT2D eigenvalue weighted by molar-refractivity contribution is 0.270. The zero-order chi connectivity index (χ0) is 23.2. The molecule has 2 aliphatic rings. The molecule has 0 unspecified atom stereocenters. The molecule has 2 N–H and O–H groups in total. The van der Waals surface area contributed by atoms with E-state index in [-0.39, 0.29) is 17.3 Å². The second-order valence-corrected chi connectivity index (χ2v) is 10.8. The van der Waals surface area contributed by atoms with Gasteiger partial charge in [0.2, 0.25) is 21.7 Å². The van der Waals surface area contributed by atoms with E-state index in [0.29, 0.717) is 48.8 Å². The van der Waals surface area contributed by atoms with Gasteiger partial charge in [0.25, 0.3) is 5.56 Å². The van der Waals surface area contributed by atoms with Gasteiger partial charge < -0.3 is 14.8 Å². The minimum atomic E-state index is -3.55. The molecule has 9 nitrogen and oxygen atoms in total. The molecule has 1 fully saturated rings. The average Bonchev–Trinajstić information content (AvgIpc) is 3.28. The number of H-pyrrole nitrogens is 1. The van der Waals surface area contributed by atoms with Gasteiger partial charge in [0.1, 0.15) is 0 Å². The van der Waals surface area contributed by atoms with Crippen molar-refractivity contribution in [2.24, 2.45) is 0 Å². The molecule has 0 aliphatic carbocycles. The van der Waals surface area contributed by atoms with Crippen molar-refractivity contribution < 1.29 is 12.9 Å². The van der Waals surface area contributed by atoms with Gasteiger partial charge in [0.15, 0.2) is 0 Å². The van der Waals surface area contributed by atoms with Crippen LogP contribution in [-0.4, -0.2) is 47.5 Å². The van der Waals surface area contributed by atoms with Crippen molar-refractivity contribution >= 4 is 10.0 Å². The molecule has 33 heavy (non-hydrogen) atoms. The normalized spacial score (nSPS) is 17.8. The molecular weight excluding hydrogens is 442 g/mol. The van der Waals surface area contributed by atoms with Crippen molar-refractivity contribution in [2.75, 3.05) is 19.6 Å². The SMILES string of the molecule is Cc1ccc(S(=O)(=O)N2CCC(c3nc(-c4cc5c([nH]c4=O)CCNC5)no3)CC2)c(C)c1. The van der Waals surface area contributed by atoms with Crippen LogP contribution in [0.4, 0.5) is 0 Å². The van der Waals surface area contributed by atoms with Crippen LogP contribution in [0.1, 0.15) is 47.0 Å². The Kier molecular flexibility index (Phi) is 5.67. The highest BCUT2D eigenvalue weighted by Gasteiger charge is 2.33. The number of aromatic nitrogens is 3. The predicted octanol–water partition coefficient (Wildman–Crippen LogP) is 2.26. The van der Waals surface area contributed by atoms with Crippen molar-refractivity contribution in [3.05, 3.63) is 62.9 Å². The molecule has 0 spiro atoms. The molecule has 2 aromatic heterocycles. The van der Waals surface area contributed by atoms with Gasteiger partial charge in [-0.15, -0.1) is 0 Å². The van der Waals surface area contributed by atoms with Crippen LogP contribution in [0.2, 0.25) is 0 Å². The molecule has 0 radical (unpaired) electrons. The quantitative estimate of drug-likeness (QED) is 0.601. The highest BCUT2D eigenvalue weighted by molar-refractivity contribution is 7.89. The van der Waals surface area contributed by atoms with Gasteiger partial charge in [-0.1, -0.05) is 22.9 Å². The number of sulfonamides is 1. The first kappa shape index (κ1) is 22.0. The van der Waals surface area contributed by atoms with Gasteiger partial charge in [-0.05, 0) is 49.9 Å². The van der Waals surface area contributed by atoms with E-state index in [1.807, 2.05) is 32.0 Å². The zero-order valence-corrected chi connectivity index (χ0v) is 19.5. The van der Waals surface area contributed by atoms with Crippen LogP contribution in [0, 0.1) is 13.8 Å². The summed E-state index contributed by atoms with van der Waals surface area (Å²) in [5.74, 6) is 0.670. The molecule has 10 heteroatoms.